The number of hydrogen-bond donors (Lipinski definition) is 2. The third-order valence-corrected chi connectivity index (χ3v) is 6.46. The van der Waals surface area contributed by atoms with Crippen LogP contribution in [0, 0.1) is 0 Å². The van der Waals surface area contributed by atoms with Crippen LogP contribution in [0.15, 0.2) is 35.5 Å². The standard InChI is InChI=1S/C26H39N5O5/c1-7-30-21(16-29-13-14-31(18(5)15-29)25(33)27-17(3)4)22(24(32)36-8-2)23(28-26(30)34)19-9-11-20(35-6)12-10-19/h9-12,17-18,23H,7-8,13-16H2,1-6H3,(H,27,33)(H,28,34)/t18-,23-/m0/s1. The number of nitrogens with zero attached hydrogens (tertiary/aromatic N) is 3. The smallest absolute Gasteiger partial charge is 0.338 e. The molecule has 2 atom stereocenters. The number of carbonyl (C=O) groups is 3. The number of piperazine rings is 1. The van der Waals surface area contributed by atoms with Gasteiger partial charge in [0.25, 0.3) is 0 Å². The second-order valence-electron chi connectivity index (χ2n) is 9.36. The van der Waals surface area contributed by atoms with Gasteiger partial charge in [0.1, 0.15) is 5.75 Å². The lowest BCUT2D eigenvalue weighted by molar-refractivity contribution is -0.139. The summed E-state index contributed by atoms with van der Waals surface area (Å²) in [6.45, 7) is 12.4. The number of nitrogens with one attached hydrogen (secondary N) is 2. The van der Waals surface area contributed by atoms with Gasteiger partial charge in [-0.05, 0) is 52.3 Å². The molecule has 198 valence electrons. The Balaban J connectivity index is 1.94. The quantitative estimate of drug-likeness (QED) is 0.531. The maximum absolute atomic E-state index is 13.3. The van der Waals surface area contributed by atoms with Crippen molar-refractivity contribution in [1.82, 2.24) is 25.3 Å². The van der Waals surface area contributed by atoms with Crippen LogP contribution in [0.5, 0.6) is 5.75 Å². The average Bonchev–Trinajstić information content (AvgIpc) is 2.83. The second kappa shape index (κ2) is 12.1. The second-order valence-corrected chi connectivity index (χ2v) is 9.36. The molecule has 10 heteroatoms. The van der Waals surface area contributed by atoms with Gasteiger partial charge in [0, 0.05) is 50.5 Å². The monoisotopic (exact) mass is 501 g/mol. The minimum atomic E-state index is -0.643. The van der Waals surface area contributed by atoms with E-state index in [1.165, 1.54) is 0 Å². The Morgan fingerprint density at radius 2 is 1.86 bits per heavy atom. The van der Waals surface area contributed by atoms with Crippen LogP contribution in [0.4, 0.5) is 9.59 Å². The number of likely N-dealkylation sites (N-methyl/N-ethyl adjacent to an activating group) is 1. The molecule has 4 amide bonds. The Hall–Kier alpha value is -3.27. The molecule has 0 saturated carbocycles. The van der Waals surface area contributed by atoms with Crippen molar-refractivity contribution < 1.29 is 23.9 Å². The predicted octanol–water partition coefficient (Wildman–Crippen LogP) is 2.72. The number of methoxy groups -OCH3 is 1. The van der Waals surface area contributed by atoms with Crippen LogP contribution in [0.2, 0.25) is 0 Å². The molecule has 1 saturated heterocycles. The van der Waals surface area contributed by atoms with E-state index in [4.69, 9.17) is 9.47 Å². The van der Waals surface area contributed by atoms with E-state index in [0.29, 0.717) is 49.7 Å². The highest BCUT2D eigenvalue weighted by Gasteiger charge is 2.39. The molecule has 0 aliphatic carbocycles. The summed E-state index contributed by atoms with van der Waals surface area (Å²) in [5.74, 6) is 0.237. The van der Waals surface area contributed by atoms with Crippen molar-refractivity contribution in [3.63, 3.8) is 0 Å². The van der Waals surface area contributed by atoms with Crippen molar-refractivity contribution in [1.29, 1.82) is 0 Å². The van der Waals surface area contributed by atoms with E-state index >= 15 is 0 Å². The van der Waals surface area contributed by atoms with Gasteiger partial charge >= 0.3 is 18.0 Å². The molecule has 3 rings (SSSR count). The Morgan fingerprint density at radius 3 is 2.42 bits per heavy atom. The molecule has 0 aromatic heterocycles. The maximum atomic E-state index is 13.3. The van der Waals surface area contributed by atoms with Crippen LogP contribution in [0.3, 0.4) is 0 Å². The van der Waals surface area contributed by atoms with Gasteiger partial charge in [-0.3, -0.25) is 9.80 Å². The van der Waals surface area contributed by atoms with Crippen LogP contribution in [-0.2, 0) is 9.53 Å². The van der Waals surface area contributed by atoms with E-state index in [1.54, 1.807) is 31.1 Å². The number of carbonyl (C=O) groups excluding carboxylic acids is 3. The number of hydrogen-bond acceptors (Lipinski definition) is 6. The Morgan fingerprint density at radius 1 is 1.17 bits per heavy atom. The minimum Gasteiger partial charge on any atom is -0.497 e. The van der Waals surface area contributed by atoms with Gasteiger partial charge in [-0.15, -0.1) is 0 Å². The molecule has 2 aliphatic rings. The number of urea groups is 2. The highest BCUT2D eigenvalue weighted by Crippen LogP contribution is 2.33. The molecule has 0 spiro atoms. The summed E-state index contributed by atoms with van der Waals surface area (Å²) in [5.41, 5.74) is 1.83. The third kappa shape index (κ3) is 6.10. The van der Waals surface area contributed by atoms with Crippen molar-refractivity contribution in [2.24, 2.45) is 0 Å². The summed E-state index contributed by atoms with van der Waals surface area (Å²) >= 11 is 0. The topological polar surface area (TPSA) is 103 Å². The van der Waals surface area contributed by atoms with Gasteiger partial charge < -0.3 is 25.0 Å². The zero-order valence-electron chi connectivity index (χ0n) is 22.2. The van der Waals surface area contributed by atoms with E-state index < -0.39 is 12.0 Å². The average molecular weight is 502 g/mol. The Labute approximate surface area is 213 Å². The van der Waals surface area contributed by atoms with Gasteiger partial charge in [0.15, 0.2) is 0 Å². The predicted molar refractivity (Wildman–Crippen MR) is 137 cm³/mol. The van der Waals surface area contributed by atoms with Crippen LogP contribution < -0.4 is 15.4 Å². The lowest BCUT2D eigenvalue weighted by Gasteiger charge is -2.43. The van der Waals surface area contributed by atoms with Gasteiger partial charge in [0.05, 0.1) is 25.3 Å². The van der Waals surface area contributed by atoms with Crippen molar-refractivity contribution in [3.05, 3.63) is 41.1 Å². The normalized spacial score (nSPS) is 20.9. The summed E-state index contributed by atoms with van der Waals surface area (Å²) in [7, 11) is 1.59. The van der Waals surface area contributed by atoms with Crippen molar-refractivity contribution in [3.8, 4) is 5.75 Å². The third-order valence-electron chi connectivity index (χ3n) is 6.46. The first kappa shape index (κ1) is 27.3. The zero-order valence-corrected chi connectivity index (χ0v) is 22.2. The summed E-state index contributed by atoms with van der Waals surface area (Å²) in [5, 5.41) is 5.94. The summed E-state index contributed by atoms with van der Waals surface area (Å²) in [6, 6.07) is 6.36. The van der Waals surface area contributed by atoms with Gasteiger partial charge in [0.2, 0.25) is 0 Å². The van der Waals surface area contributed by atoms with E-state index in [9.17, 15) is 14.4 Å². The fourth-order valence-corrected chi connectivity index (χ4v) is 4.72. The van der Waals surface area contributed by atoms with Gasteiger partial charge in [-0.1, -0.05) is 12.1 Å². The summed E-state index contributed by atoms with van der Waals surface area (Å²) in [6.07, 6.45) is 0. The molecule has 0 radical (unpaired) electrons. The number of benzene rings is 1. The van der Waals surface area contributed by atoms with Crippen LogP contribution in [-0.4, -0.2) is 91.3 Å². The summed E-state index contributed by atoms with van der Waals surface area (Å²) in [4.78, 5) is 44.6. The lowest BCUT2D eigenvalue weighted by Crippen LogP contribution is -2.58. The van der Waals surface area contributed by atoms with Crippen molar-refractivity contribution >= 4 is 18.0 Å². The fourth-order valence-electron chi connectivity index (χ4n) is 4.72. The number of rotatable bonds is 8. The SMILES string of the molecule is CCOC(=O)C1=C(CN2CCN(C(=O)NC(C)C)[C@@H](C)C2)N(CC)C(=O)N[C@H]1c1ccc(OC)cc1. The largest absolute Gasteiger partial charge is 0.497 e. The highest BCUT2D eigenvalue weighted by atomic mass is 16.5. The highest BCUT2D eigenvalue weighted by molar-refractivity contribution is 5.95. The first-order valence-corrected chi connectivity index (χ1v) is 12.6. The minimum absolute atomic E-state index is 0.0194. The summed E-state index contributed by atoms with van der Waals surface area (Å²) < 4.78 is 10.7. The van der Waals surface area contributed by atoms with Crippen LogP contribution >= 0.6 is 0 Å². The molecule has 2 N–H and O–H groups in total. The first-order valence-electron chi connectivity index (χ1n) is 12.6. The first-order chi connectivity index (χ1) is 17.2. The number of ether oxygens (including phenoxy) is 2. The van der Waals surface area contributed by atoms with E-state index in [2.05, 4.69) is 15.5 Å². The maximum Gasteiger partial charge on any atom is 0.338 e. The van der Waals surface area contributed by atoms with Crippen LogP contribution in [0.25, 0.3) is 0 Å². The lowest BCUT2D eigenvalue weighted by atomic mass is 9.94. The van der Waals surface area contributed by atoms with Crippen molar-refractivity contribution in [2.45, 2.75) is 52.7 Å². The van der Waals surface area contributed by atoms with Gasteiger partial charge in [-0.25, -0.2) is 14.4 Å². The molecule has 0 bridgehead atoms. The van der Waals surface area contributed by atoms with E-state index in [0.717, 1.165) is 5.56 Å². The molecular formula is C26H39N5O5. The number of amides is 4. The molecule has 1 aromatic rings. The molecule has 1 fully saturated rings. The van der Waals surface area contributed by atoms with Crippen LogP contribution in [0.1, 0.15) is 46.2 Å². The molecule has 0 unspecified atom stereocenters. The molecule has 2 aliphatic heterocycles. The van der Waals surface area contributed by atoms with E-state index in [-0.39, 0.29) is 30.8 Å². The van der Waals surface area contributed by atoms with Gasteiger partial charge in [-0.2, -0.15) is 0 Å². The van der Waals surface area contributed by atoms with E-state index in [1.807, 2.05) is 44.7 Å². The zero-order chi connectivity index (χ0) is 26.4. The molecule has 2 heterocycles. The fraction of sp³-hybridized carbons (Fsp3) is 0.577. The molecular weight excluding hydrogens is 462 g/mol. The molecule has 10 nitrogen and oxygen atoms in total. The number of esters is 1. The van der Waals surface area contributed by atoms with Crippen molar-refractivity contribution in [2.75, 3.05) is 46.4 Å². The Bertz CT molecular complexity index is 977. The molecule has 1 aromatic carbocycles. The molecule has 36 heavy (non-hydrogen) atoms. The Kier molecular flexibility index (Phi) is 9.19.